The molecule has 5 N–H and O–H groups in total. The normalized spacial score (nSPS) is 10.3. The second-order valence-corrected chi connectivity index (χ2v) is 13.1. The molecule has 0 saturated carbocycles. The number of carboxylic acids is 1. The fourth-order valence-corrected chi connectivity index (χ4v) is 5.77. The van der Waals surface area contributed by atoms with E-state index in [0.717, 1.165) is 42.5 Å². The molecule has 0 bridgehead atoms. The maximum absolute atomic E-state index is 14.0. The third-order valence-electron chi connectivity index (χ3n) is 8.67. The van der Waals surface area contributed by atoms with Gasteiger partial charge in [-0.15, -0.1) is 0 Å². The molecule has 0 aliphatic heterocycles. The first-order valence-electron chi connectivity index (χ1n) is 17.6. The second kappa shape index (κ2) is 19.8. The minimum absolute atomic E-state index is 0.0596. The molecule has 0 heterocycles. The molecule has 7 aromatic rings. The Kier molecular flexibility index (Phi) is 14.4. The molecule has 9 nitrogen and oxygen atoms in total. The molecule has 0 radical (unpaired) electrons. The lowest BCUT2D eigenvalue weighted by molar-refractivity contribution is 0.0693. The maximum Gasteiger partial charge on any atom is 0.339 e. The van der Waals surface area contributed by atoms with E-state index >= 15 is 0 Å². The van der Waals surface area contributed by atoms with Crippen LogP contribution in [-0.2, 0) is 0 Å². The number of carbonyl (C=O) groups excluding carboxylic acids is 2. The lowest BCUT2D eigenvalue weighted by Gasteiger charge is -2.10. The van der Waals surface area contributed by atoms with Crippen LogP contribution in [0.1, 0.15) is 36.6 Å². The van der Waals surface area contributed by atoms with E-state index in [0.29, 0.717) is 28.4 Å². The number of phenolic OH excluding ortho intramolecular Hbond substituents is 2. The Balaban J connectivity index is 0.000000181. The van der Waals surface area contributed by atoms with Gasteiger partial charge >= 0.3 is 5.97 Å². The van der Waals surface area contributed by atoms with Crippen molar-refractivity contribution < 1.29 is 61.2 Å². The largest absolute Gasteiger partial charge is 0.507 e. The number of phenols is 3. The Morgan fingerprint density at radius 3 is 1.24 bits per heavy atom. The summed E-state index contributed by atoms with van der Waals surface area (Å²) in [6.07, 6.45) is 0. The number of aromatic carboxylic acids is 1. The standard InChI is InChI=1S/C20H12F2N2O2.C13H7ClF2O2.C13H8F2O3/c21-14-4-7-16(18(22)10-14)13-3-8-19(25)17(9-13)20(26)24-15-5-1-12(11-23)2-6-15;14-13(18)10-5-7(1-4-12(10)17)9-3-2-8(15)6-11(9)16;14-8-2-3-9(11(15)6-8)7-1-4-12(16)10(5-7)13(17)18/h1-10,25H,(H,24,26);1-6,17H;1-6,16H,(H,17,18). The van der Waals surface area contributed by atoms with Crippen LogP contribution < -0.4 is 5.32 Å². The van der Waals surface area contributed by atoms with Gasteiger partial charge in [0.25, 0.3) is 11.1 Å². The number of nitrogens with zero attached hydrogens (tertiary/aromatic N) is 1. The summed E-state index contributed by atoms with van der Waals surface area (Å²) in [6.45, 7) is 0. The van der Waals surface area contributed by atoms with E-state index in [9.17, 15) is 56.0 Å². The molecule has 0 atom stereocenters. The molecule has 16 heteroatoms. The van der Waals surface area contributed by atoms with Gasteiger partial charge in [0, 0.05) is 40.6 Å². The quantitative estimate of drug-likeness (QED) is 0.0779. The zero-order chi connectivity index (χ0) is 45.2. The van der Waals surface area contributed by atoms with E-state index in [1.807, 2.05) is 6.07 Å². The predicted octanol–water partition coefficient (Wildman–Crippen LogP) is 11.2. The van der Waals surface area contributed by atoms with Crippen LogP contribution in [-0.4, -0.2) is 37.5 Å². The molecule has 7 aromatic carbocycles. The summed E-state index contributed by atoms with van der Waals surface area (Å²) in [4.78, 5) is 34.3. The highest BCUT2D eigenvalue weighted by Gasteiger charge is 2.17. The van der Waals surface area contributed by atoms with Crippen LogP contribution in [0, 0.1) is 46.2 Å². The van der Waals surface area contributed by atoms with Crippen LogP contribution in [0.3, 0.4) is 0 Å². The van der Waals surface area contributed by atoms with Gasteiger partial charge in [0.2, 0.25) is 0 Å². The van der Waals surface area contributed by atoms with Crippen molar-refractivity contribution in [3.8, 4) is 56.7 Å². The molecule has 1 amide bonds. The number of rotatable bonds is 7. The van der Waals surface area contributed by atoms with E-state index in [1.165, 1.54) is 60.7 Å². The fourth-order valence-electron chi connectivity index (χ4n) is 5.62. The minimum Gasteiger partial charge on any atom is -0.507 e. The number of benzene rings is 7. The Morgan fingerprint density at radius 2 is 0.871 bits per heavy atom. The van der Waals surface area contributed by atoms with Crippen molar-refractivity contribution in [2.75, 3.05) is 5.32 Å². The van der Waals surface area contributed by atoms with Gasteiger partial charge in [-0.05, 0) is 125 Å². The van der Waals surface area contributed by atoms with Gasteiger partial charge in [0.15, 0.2) is 0 Å². The molecule has 0 aliphatic rings. The van der Waals surface area contributed by atoms with Crippen LogP contribution >= 0.6 is 11.6 Å². The van der Waals surface area contributed by atoms with E-state index in [4.69, 9.17) is 22.0 Å². The second-order valence-electron chi connectivity index (χ2n) is 12.8. The highest BCUT2D eigenvalue weighted by atomic mass is 35.5. The predicted molar refractivity (Wildman–Crippen MR) is 217 cm³/mol. The average Bonchev–Trinajstić information content (AvgIpc) is 3.22. The van der Waals surface area contributed by atoms with Crippen LogP contribution in [0.5, 0.6) is 17.2 Å². The third kappa shape index (κ3) is 11.1. The lowest BCUT2D eigenvalue weighted by atomic mass is 10.0. The van der Waals surface area contributed by atoms with E-state index < -0.39 is 57.8 Å². The molecular formula is C46H27ClF6N2O7. The molecular weight excluding hydrogens is 842 g/mol. The zero-order valence-corrected chi connectivity index (χ0v) is 32.1. The number of hydrogen-bond donors (Lipinski definition) is 5. The molecule has 0 aliphatic carbocycles. The van der Waals surface area contributed by atoms with Gasteiger partial charge in [-0.3, -0.25) is 9.59 Å². The number of carboxylic acid groups (broad SMARTS) is 1. The van der Waals surface area contributed by atoms with Crippen LogP contribution in [0.2, 0.25) is 0 Å². The van der Waals surface area contributed by atoms with E-state index in [2.05, 4.69) is 5.32 Å². The van der Waals surface area contributed by atoms with Gasteiger partial charge < -0.3 is 25.7 Å². The number of anilines is 1. The van der Waals surface area contributed by atoms with Crippen molar-refractivity contribution in [3.05, 3.63) is 191 Å². The highest BCUT2D eigenvalue weighted by molar-refractivity contribution is 6.68. The highest BCUT2D eigenvalue weighted by Crippen LogP contribution is 2.31. The molecule has 0 saturated heterocycles. The first-order chi connectivity index (χ1) is 29.4. The van der Waals surface area contributed by atoms with Crippen molar-refractivity contribution >= 4 is 34.4 Å². The monoisotopic (exact) mass is 868 g/mol. The van der Waals surface area contributed by atoms with Crippen LogP contribution in [0.25, 0.3) is 33.4 Å². The number of aromatic hydroxyl groups is 3. The molecule has 0 aromatic heterocycles. The molecule has 7 rings (SSSR count). The van der Waals surface area contributed by atoms with Crippen molar-refractivity contribution in [1.82, 2.24) is 0 Å². The topological polar surface area (TPSA) is 168 Å². The SMILES string of the molecule is N#Cc1ccc(NC(=O)c2cc(-c3ccc(F)cc3F)ccc2O)cc1.O=C(Cl)c1cc(-c2ccc(F)cc2F)ccc1O.O=C(O)c1cc(-c2ccc(F)cc2F)ccc1O. The van der Waals surface area contributed by atoms with E-state index in [1.54, 1.807) is 24.3 Å². The maximum atomic E-state index is 14.0. The third-order valence-corrected chi connectivity index (χ3v) is 8.88. The van der Waals surface area contributed by atoms with Gasteiger partial charge in [-0.25, -0.2) is 31.1 Å². The lowest BCUT2D eigenvalue weighted by Crippen LogP contribution is -2.12. The zero-order valence-electron chi connectivity index (χ0n) is 31.3. The summed E-state index contributed by atoms with van der Waals surface area (Å²) in [6, 6.07) is 28.9. The van der Waals surface area contributed by atoms with Gasteiger partial charge in [0.1, 0.15) is 57.7 Å². The Hall–Kier alpha value is -8.09. The van der Waals surface area contributed by atoms with Gasteiger partial charge in [-0.1, -0.05) is 18.2 Å². The summed E-state index contributed by atoms with van der Waals surface area (Å²) in [5.41, 5.74) is 1.56. The van der Waals surface area contributed by atoms with Gasteiger partial charge in [-0.2, -0.15) is 5.26 Å². The molecule has 0 fully saturated rings. The number of halogens is 7. The Bertz CT molecular complexity index is 2780. The number of amides is 1. The summed E-state index contributed by atoms with van der Waals surface area (Å²) >= 11 is 5.28. The Labute approximate surface area is 352 Å². The Morgan fingerprint density at radius 1 is 0.500 bits per heavy atom. The summed E-state index contributed by atoms with van der Waals surface area (Å²) in [5, 5.41) is 48.1. The number of carbonyl (C=O) groups is 3. The minimum atomic E-state index is -1.32. The summed E-state index contributed by atoms with van der Waals surface area (Å²) in [5.74, 6) is -7.33. The first kappa shape index (κ1) is 45.0. The molecule has 0 spiro atoms. The molecule has 312 valence electrons. The van der Waals surface area contributed by atoms with Crippen molar-refractivity contribution in [1.29, 1.82) is 5.26 Å². The number of nitriles is 1. The molecule has 62 heavy (non-hydrogen) atoms. The molecule has 0 unspecified atom stereocenters. The number of nitrogens with one attached hydrogen (secondary N) is 1. The average molecular weight is 869 g/mol. The van der Waals surface area contributed by atoms with Crippen molar-refractivity contribution in [2.24, 2.45) is 0 Å². The van der Waals surface area contributed by atoms with Crippen molar-refractivity contribution in [3.63, 3.8) is 0 Å². The number of hydrogen-bond acceptors (Lipinski definition) is 7. The first-order valence-corrected chi connectivity index (χ1v) is 17.9. The van der Waals surface area contributed by atoms with Crippen LogP contribution in [0.4, 0.5) is 32.0 Å². The van der Waals surface area contributed by atoms with Gasteiger partial charge in [0.05, 0.1) is 22.8 Å². The summed E-state index contributed by atoms with van der Waals surface area (Å²) < 4.78 is 79.6. The van der Waals surface area contributed by atoms with E-state index in [-0.39, 0.29) is 50.4 Å². The van der Waals surface area contributed by atoms with Crippen LogP contribution in [0.15, 0.2) is 133 Å². The van der Waals surface area contributed by atoms with Crippen molar-refractivity contribution in [2.45, 2.75) is 0 Å². The smallest absolute Gasteiger partial charge is 0.339 e. The fraction of sp³-hybridized carbons (Fsp3) is 0. The summed E-state index contributed by atoms with van der Waals surface area (Å²) in [7, 11) is 0.